The highest BCUT2D eigenvalue weighted by atomic mass is 16.3. The lowest BCUT2D eigenvalue weighted by Gasteiger charge is -1.93. The third-order valence-electron chi connectivity index (χ3n) is 2.29. The van der Waals surface area contributed by atoms with Crippen LogP contribution in [-0.2, 0) is 0 Å². The number of rotatable bonds is 2. The van der Waals surface area contributed by atoms with Crippen LogP contribution in [0, 0.1) is 0 Å². The predicted molar refractivity (Wildman–Crippen MR) is 59.1 cm³/mol. The molecule has 2 aromatic heterocycles. The number of hydrogen-bond donors (Lipinski definition) is 0. The molecule has 2 heterocycles. The SMILES string of the molecule is c1ccc(-c2cn(-c3ccco3)nn2)cc1. The highest BCUT2D eigenvalue weighted by molar-refractivity contribution is 5.57. The van der Waals surface area contributed by atoms with Gasteiger partial charge in [0.1, 0.15) is 5.69 Å². The van der Waals surface area contributed by atoms with Crippen LogP contribution in [0.1, 0.15) is 0 Å². The fraction of sp³-hybridized carbons (Fsp3) is 0. The first-order valence-electron chi connectivity index (χ1n) is 4.95. The van der Waals surface area contributed by atoms with Crippen LogP contribution in [-0.4, -0.2) is 15.0 Å². The fourth-order valence-corrected chi connectivity index (χ4v) is 1.51. The lowest BCUT2D eigenvalue weighted by atomic mass is 10.2. The second-order valence-electron chi connectivity index (χ2n) is 3.37. The molecule has 3 aromatic rings. The maximum absolute atomic E-state index is 5.23. The molecule has 0 aliphatic rings. The van der Waals surface area contributed by atoms with E-state index in [0.717, 1.165) is 11.3 Å². The van der Waals surface area contributed by atoms with Crippen LogP contribution in [0.5, 0.6) is 0 Å². The van der Waals surface area contributed by atoms with E-state index in [4.69, 9.17) is 4.42 Å². The Morgan fingerprint density at radius 3 is 2.62 bits per heavy atom. The first-order valence-corrected chi connectivity index (χ1v) is 4.95. The van der Waals surface area contributed by atoms with Gasteiger partial charge in [-0.3, -0.25) is 0 Å². The quantitative estimate of drug-likeness (QED) is 0.654. The summed E-state index contributed by atoms with van der Waals surface area (Å²) in [6, 6.07) is 13.6. The van der Waals surface area contributed by atoms with Gasteiger partial charge in [-0.05, 0) is 6.07 Å². The molecule has 1 aromatic carbocycles. The van der Waals surface area contributed by atoms with Crippen molar-refractivity contribution in [2.75, 3.05) is 0 Å². The Morgan fingerprint density at radius 2 is 1.88 bits per heavy atom. The van der Waals surface area contributed by atoms with Gasteiger partial charge in [-0.25, -0.2) is 0 Å². The largest absolute Gasteiger partial charge is 0.447 e. The van der Waals surface area contributed by atoms with E-state index >= 15 is 0 Å². The van der Waals surface area contributed by atoms with Crippen LogP contribution in [0.25, 0.3) is 17.1 Å². The van der Waals surface area contributed by atoms with Crippen molar-refractivity contribution in [2.24, 2.45) is 0 Å². The molecule has 0 saturated heterocycles. The molecule has 0 saturated carbocycles. The Bertz CT molecular complexity index is 569. The molecule has 0 fully saturated rings. The number of aromatic nitrogens is 3. The molecule has 0 unspecified atom stereocenters. The number of benzene rings is 1. The van der Waals surface area contributed by atoms with Gasteiger partial charge in [0, 0.05) is 11.6 Å². The fourth-order valence-electron chi connectivity index (χ4n) is 1.51. The smallest absolute Gasteiger partial charge is 0.221 e. The highest BCUT2D eigenvalue weighted by Crippen LogP contribution is 2.16. The second-order valence-corrected chi connectivity index (χ2v) is 3.37. The number of furan rings is 1. The lowest BCUT2D eigenvalue weighted by Crippen LogP contribution is -1.91. The zero-order valence-corrected chi connectivity index (χ0v) is 8.45. The molecule has 0 aliphatic heterocycles. The summed E-state index contributed by atoms with van der Waals surface area (Å²) < 4.78 is 6.84. The second kappa shape index (κ2) is 3.66. The van der Waals surface area contributed by atoms with E-state index in [1.165, 1.54) is 0 Å². The molecule has 0 atom stereocenters. The monoisotopic (exact) mass is 211 g/mol. The van der Waals surface area contributed by atoms with E-state index in [1.54, 1.807) is 10.9 Å². The average Bonchev–Trinajstić information content (AvgIpc) is 3.01. The van der Waals surface area contributed by atoms with Gasteiger partial charge in [0.15, 0.2) is 0 Å². The van der Waals surface area contributed by atoms with Crippen molar-refractivity contribution in [1.29, 1.82) is 0 Å². The molecule has 0 N–H and O–H groups in total. The van der Waals surface area contributed by atoms with E-state index in [0.29, 0.717) is 5.88 Å². The molecule has 16 heavy (non-hydrogen) atoms. The maximum Gasteiger partial charge on any atom is 0.221 e. The van der Waals surface area contributed by atoms with Crippen LogP contribution in [0.4, 0.5) is 0 Å². The van der Waals surface area contributed by atoms with Gasteiger partial charge < -0.3 is 4.42 Å². The third kappa shape index (κ3) is 1.50. The molecule has 4 nitrogen and oxygen atoms in total. The Balaban J connectivity index is 2.00. The molecule has 3 rings (SSSR count). The summed E-state index contributed by atoms with van der Waals surface area (Å²) in [5.74, 6) is 0.662. The molecule has 78 valence electrons. The number of nitrogens with zero attached hydrogens (tertiary/aromatic N) is 3. The molecule has 0 amide bonds. The lowest BCUT2D eigenvalue weighted by molar-refractivity contribution is 0.517. The summed E-state index contributed by atoms with van der Waals surface area (Å²) in [6.45, 7) is 0. The minimum absolute atomic E-state index is 0.662. The van der Waals surface area contributed by atoms with Crippen molar-refractivity contribution >= 4 is 0 Å². The van der Waals surface area contributed by atoms with Gasteiger partial charge in [0.05, 0.1) is 12.5 Å². The van der Waals surface area contributed by atoms with Crippen LogP contribution in [0.3, 0.4) is 0 Å². The van der Waals surface area contributed by atoms with E-state index in [1.807, 2.05) is 48.7 Å². The molecular formula is C12H9N3O. The van der Waals surface area contributed by atoms with E-state index in [9.17, 15) is 0 Å². The standard InChI is InChI=1S/C12H9N3O/c1-2-5-10(6-3-1)11-9-15(14-13-11)12-7-4-8-16-12/h1-9H. The van der Waals surface area contributed by atoms with Crippen molar-refractivity contribution < 1.29 is 4.42 Å². The van der Waals surface area contributed by atoms with Gasteiger partial charge in [0.25, 0.3) is 0 Å². The van der Waals surface area contributed by atoms with Crippen molar-refractivity contribution in [1.82, 2.24) is 15.0 Å². The maximum atomic E-state index is 5.23. The number of hydrogen-bond acceptors (Lipinski definition) is 3. The highest BCUT2D eigenvalue weighted by Gasteiger charge is 2.05. The minimum Gasteiger partial charge on any atom is -0.447 e. The zero-order valence-electron chi connectivity index (χ0n) is 8.45. The molecule has 0 aliphatic carbocycles. The van der Waals surface area contributed by atoms with Crippen LogP contribution in [0.15, 0.2) is 59.3 Å². The summed E-state index contributed by atoms with van der Waals surface area (Å²) in [7, 11) is 0. The topological polar surface area (TPSA) is 43.9 Å². The third-order valence-corrected chi connectivity index (χ3v) is 2.29. The molecule has 0 spiro atoms. The Hall–Kier alpha value is -2.36. The predicted octanol–water partition coefficient (Wildman–Crippen LogP) is 2.53. The Labute approximate surface area is 92.1 Å². The first-order chi connectivity index (χ1) is 7.93. The molecule has 0 radical (unpaired) electrons. The molecule has 0 bridgehead atoms. The first kappa shape index (κ1) is 8.91. The van der Waals surface area contributed by atoms with E-state index in [2.05, 4.69) is 10.3 Å². The van der Waals surface area contributed by atoms with Gasteiger partial charge in [-0.15, -0.1) is 5.10 Å². The summed E-state index contributed by atoms with van der Waals surface area (Å²) in [6.07, 6.45) is 3.45. The van der Waals surface area contributed by atoms with Gasteiger partial charge in [0.2, 0.25) is 5.88 Å². The summed E-state index contributed by atoms with van der Waals surface area (Å²) in [4.78, 5) is 0. The van der Waals surface area contributed by atoms with E-state index < -0.39 is 0 Å². The summed E-state index contributed by atoms with van der Waals surface area (Å²) in [5.41, 5.74) is 1.87. The Morgan fingerprint density at radius 1 is 1.00 bits per heavy atom. The summed E-state index contributed by atoms with van der Waals surface area (Å²) in [5, 5.41) is 8.10. The van der Waals surface area contributed by atoms with Crippen molar-refractivity contribution in [3.05, 3.63) is 54.9 Å². The molecule has 4 heteroatoms. The van der Waals surface area contributed by atoms with Crippen LogP contribution < -0.4 is 0 Å². The van der Waals surface area contributed by atoms with Crippen LogP contribution in [0.2, 0.25) is 0 Å². The van der Waals surface area contributed by atoms with Gasteiger partial charge in [-0.2, -0.15) is 4.68 Å². The van der Waals surface area contributed by atoms with E-state index in [-0.39, 0.29) is 0 Å². The van der Waals surface area contributed by atoms with Gasteiger partial charge in [-0.1, -0.05) is 35.5 Å². The van der Waals surface area contributed by atoms with Crippen LogP contribution >= 0.6 is 0 Å². The summed E-state index contributed by atoms with van der Waals surface area (Å²) >= 11 is 0. The zero-order chi connectivity index (χ0) is 10.8. The van der Waals surface area contributed by atoms with Gasteiger partial charge >= 0.3 is 0 Å². The van der Waals surface area contributed by atoms with Crippen molar-refractivity contribution in [2.45, 2.75) is 0 Å². The minimum atomic E-state index is 0.662. The Kier molecular flexibility index (Phi) is 2.04. The molecular weight excluding hydrogens is 202 g/mol. The normalized spacial score (nSPS) is 10.5. The average molecular weight is 211 g/mol. The van der Waals surface area contributed by atoms with Crippen molar-refractivity contribution in [3.63, 3.8) is 0 Å². The van der Waals surface area contributed by atoms with Crippen molar-refractivity contribution in [3.8, 4) is 17.1 Å².